The van der Waals surface area contributed by atoms with Gasteiger partial charge in [-0.2, -0.15) is 0 Å². The lowest BCUT2D eigenvalue weighted by molar-refractivity contribution is 0.238. The largest absolute Gasteiger partial charge is 0.376 e. The predicted octanol–water partition coefficient (Wildman–Crippen LogP) is 1.97. The molecule has 0 aromatic heterocycles. The molecular formula is C11H12O. The van der Waals surface area contributed by atoms with Gasteiger partial charge in [0.15, 0.2) is 0 Å². The molecule has 0 radical (unpaired) electrons. The summed E-state index contributed by atoms with van der Waals surface area (Å²) in [6, 6.07) is 5.85. The van der Waals surface area contributed by atoms with Gasteiger partial charge in [0.2, 0.25) is 0 Å². The number of aryl methyl sites for hydroxylation is 2. The molecule has 0 heterocycles. The third-order valence-electron chi connectivity index (χ3n) is 1.72. The second kappa shape index (κ2) is 3.42. The fourth-order valence-electron chi connectivity index (χ4n) is 1.26. The Morgan fingerprint density at radius 1 is 1.25 bits per heavy atom. The molecule has 1 rings (SSSR count). The van der Waals surface area contributed by atoms with Crippen LogP contribution in [0.4, 0.5) is 0 Å². The quantitative estimate of drug-likeness (QED) is 0.623. The van der Waals surface area contributed by atoms with E-state index in [0.29, 0.717) is 0 Å². The summed E-state index contributed by atoms with van der Waals surface area (Å²) in [5.41, 5.74) is 3.05. The first-order chi connectivity index (χ1) is 5.63. The summed E-state index contributed by atoms with van der Waals surface area (Å²) in [5.74, 6) is 2.29. The van der Waals surface area contributed by atoms with E-state index in [2.05, 4.69) is 5.92 Å². The van der Waals surface area contributed by atoms with E-state index < -0.39 is 6.10 Å². The van der Waals surface area contributed by atoms with Crippen molar-refractivity contribution >= 4 is 0 Å². The lowest BCUT2D eigenvalue weighted by Gasteiger charge is -2.06. The summed E-state index contributed by atoms with van der Waals surface area (Å²) < 4.78 is 0. The number of hydrogen-bond donors (Lipinski definition) is 1. The first kappa shape index (κ1) is 8.83. The maximum absolute atomic E-state index is 9.34. The normalized spacial score (nSPS) is 12.2. The molecule has 1 aromatic carbocycles. The Kier molecular flexibility index (Phi) is 2.52. The van der Waals surface area contributed by atoms with Crippen LogP contribution in [0.2, 0.25) is 0 Å². The summed E-state index contributed by atoms with van der Waals surface area (Å²) in [5, 5.41) is 9.34. The van der Waals surface area contributed by atoms with Crippen LogP contribution in [0.25, 0.3) is 0 Å². The monoisotopic (exact) mass is 160 g/mol. The molecule has 0 saturated heterocycles. The molecule has 0 aliphatic heterocycles. The Morgan fingerprint density at radius 3 is 2.17 bits per heavy atom. The van der Waals surface area contributed by atoms with Crippen LogP contribution in [0.15, 0.2) is 18.2 Å². The van der Waals surface area contributed by atoms with Crippen molar-refractivity contribution in [2.75, 3.05) is 0 Å². The third-order valence-corrected chi connectivity index (χ3v) is 1.72. The second-order valence-corrected chi connectivity index (χ2v) is 2.99. The molecule has 0 aliphatic carbocycles. The van der Waals surface area contributed by atoms with Crippen molar-refractivity contribution in [2.45, 2.75) is 20.0 Å². The van der Waals surface area contributed by atoms with Crippen molar-refractivity contribution in [2.24, 2.45) is 0 Å². The zero-order valence-corrected chi connectivity index (χ0v) is 7.33. The van der Waals surface area contributed by atoms with Crippen LogP contribution in [0.1, 0.15) is 22.8 Å². The fourth-order valence-corrected chi connectivity index (χ4v) is 1.26. The highest BCUT2D eigenvalue weighted by atomic mass is 16.3. The van der Waals surface area contributed by atoms with Crippen LogP contribution in [-0.2, 0) is 0 Å². The minimum Gasteiger partial charge on any atom is -0.376 e. The number of aliphatic hydroxyl groups excluding tert-OH is 1. The third kappa shape index (κ3) is 1.87. The lowest BCUT2D eigenvalue weighted by atomic mass is 10.0. The van der Waals surface area contributed by atoms with Gasteiger partial charge in [-0.3, -0.25) is 0 Å². The Morgan fingerprint density at radius 2 is 1.75 bits per heavy atom. The van der Waals surface area contributed by atoms with E-state index in [9.17, 15) is 5.11 Å². The van der Waals surface area contributed by atoms with Gasteiger partial charge < -0.3 is 5.11 Å². The molecule has 1 heteroatoms. The fraction of sp³-hybridized carbons (Fsp3) is 0.273. The van der Waals surface area contributed by atoms with Gasteiger partial charge >= 0.3 is 0 Å². The van der Waals surface area contributed by atoms with Crippen LogP contribution in [0.3, 0.4) is 0 Å². The topological polar surface area (TPSA) is 20.2 Å². The molecule has 0 saturated carbocycles. The molecule has 0 bridgehead atoms. The van der Waals surface area contributed by atoms with E-state index >= 15 is 0 Å². The minimum absolute atomic E-state index is 0.774. The molecule has 12 heavy (non-hydrogen) atoms. The van der Waals surface area contributed by atoms with Crippen LogP contribution < -0.4 is 0 Å². The molecule has 1 atom stereocenters. The highest BCUT2D eigenvalue weighted by Gasteiger charge is 2.03. The Hall–Kier alpha value is -1.26. The zero-order valence-electron chi connectivity index (χ0n) is 7.33. The molecule has 1 unspecified atom stereocenters. The molecule has 1 nitrogen and oxygen atoms in total. The summed E-state index contributed by atoms with van der Waals surface area (Å²) in [6.07, 6.45) is 4.33. The van der Waals surface area contributed by atoms with Crippen molar-refractivity contribution in [1.82, 2.24) is 0 Å². The summed E-state index contributed by atoms with van der Waals surface area (Å²) in [4.78, 5) is 0. The number of terminal acetylenes is 1. The second-order valence-electron chi connectivity index (χ2n) is 2.99. The standard InChI is InChI=1S/C11H12O/c1-4-11(12)10-6-8(2)5-9(3)7-10/h1,5-7,11-12H,2-3H3. The SMILES string of the molecule is C#CC(O)c1cc(C)cc(C)c1. The Labute approximate surface area is 73.0 Å². The number of hydrogen-bond acceptors (Lipinski definition) is 1. The van der Waals surface area contributed by atoms with Gasteiger partial charge in [0, 0.05) is 0 Å². The first-order valence-electron chi connectivity index (χ1n) is 3.86. The number of aliphatic hydroxyl groups is 1. The van der Waals surface area contributed by atoms with E-state index in [4.69, 9.17) is 6.42 Å². The van der Waals surface area contributed by atoms with Crippen molar-refractivity contribution in [3.05, 3.63) is 34.9 Å². The van der Waals surface area contributed by atoms with Crippen LogP contribution in [0, 0.1) is 26.2 Å². The minimum atomic E-state index is -0.774. The van der Waals surface area contributed by atoms with Gasteiger partial charge in [-0.15, -0.1) is 6.42 Å². The van der Waals surface area contributed by atoms with Gasteiger partial charge in [-0.1, -0.05) is 35.2 Å². The van der Waals surface area contributed by atoms with Crippen LogP contribution in [0.5, 0.6) is 0 Å². The number of benzene rings is 1. The van der Waals surface area contributed by atoms with E-state index in [1.54, 1.807) is 0 Å². The summed E-state index contributed by atoms with van der Waals surface area (Å²) >= 11 is 0. The van der Waals surface area contributed by atoms with E-state index in [-0.39, 0.29) is 0 Å². The van der Waals surface area contributed by atoms with Crippen molar-refractivity contribution in [3.63, 3.8) is 0 Å². The van der Waals surface area contributed by atoms with Gasteiger partial charge in [-0.05, 0) is 19.4 Å². The molecule has 0 spiro atoms. The van der Waals surface area contributed by atoms with Gasteiger partial charge in [-0.25, -0.2) is 0 Å². The van der Waals surface area contributed by atoms with Crippen LogP contribution in [-0.4, -0.2) is 5.11 Å². The molecular weight excluding hydrogens is 148 g/mol. The Bertz CT molecular complexity index is 300. The van der Waals surface area contributed by atoms with Gasteiger partial charge in [0.1, 0.15) is 6.10 Å². The molecule has 0 aliphatic rings. The van der Waals surface area contributed by atoms with E-state index in [1.807, 2.05) is 32.0 Å². The highest BCUT2D eigenvalue weighted by molar-refractivity contribution is 5.32. The summed E-state index contributed by atoms with van der Waals surface area (Å²) in [6.45, 7) is 3.97. The van der Waals surface area contributed by atoms with E-state index in [1.165, 1.54) is 0 Å². The first-order valence-corrected chi connectivity index (χ1v) is 3.86. The van der Waals surface area contributed by atoms with Gasteiger partial charge in [0.05, 0.1) is 0 Å². The zero-order chi connectivity index (χ0) is 9.14. The lowest BCUT2D eigenvalue weighted by Crippen LogP contribution is -1.94. The maximum Gasteiger partial charge on any atom is 0.140 e. The maximum atomic E-state index is 9.34. The van der Waals surface area contributed by atoms with Gasteiger partial charge in [0.25, 0.3) is 0 Å². The number of rotatable bonds is 1. The Balaban J connectivity index is 3.10. The average Bonchev–Trinajstić information content (AvgIpc) is 2.01. The molecule has 0 fully saturated rings. The predicted molar refractivity (Wildman–Crippen MR) is 49.7 cm³/mol. The molecule has 0 amide bonds. The smallest absolute Gasteiger partial charge is 0.140 e. The van der Waals surface area contributed by atoms with Crippen molar-refractivity contribution < 1.29 is 5.11 Å². The average molecular weight is 160 g/mol. The van der Waals surface area contributed by atoms with Crippen molar-refractivity contribution in [3.8, 4) is 12.3 Å². The van der Waals surface area contributed by atoms with E-state index in [0.717, 1.165) is 16.7 Å². The summed E-state index contributed by atoms with van der Waals surface area (Å²) in [7, 11) is 0. The molecule has 1 N–H and O–H groups in total. The van der Waals surface area contributed by atoms with Crippen LogP contribution >= 0.6 is 0 Å². The van der Waals surface area contributed by atoms with Crippen molar-refractivity contribution in [1.29, 1.82) is 0 Å². The molecule has 62 valence electrons. The molecule has 1 aromatic rings. The highest BCUT2D eigenvalue weighted by Crippen LogP contribution is 2.15.